The zero-order chi connectivity index (χ0) is 20.8. The number of hydrogen-bond donors (Lipinski definition) is 1. The summed E-state index contributed by atoms with van der Waals surface area (Å²) in [4.78, 5) is 13.1. The molecule has 0 aliphatic rings. The number of hydrogen-bond acceptors (Lipinski definition) is 1. The molecule has 0 heterocycles. The topological polar surface area (TPSA) is 37.3 Å². The summed E-state index contributed by atoms with van der Waals surface area (Å²) in [6.07, 6.45) is 18.5. The summed E-state index contributed by atoms with van der Waals surface area (Å²) >= 11 is 0. The molecule has 0 saturated carbocycles. The van der Waals surface area contributed by atoms with Gasteiger partial charge in [0.05, 0.1) is 0 Å². The molecule has 164 valence electrons. The van der Waals surface area contributed by atoms with E-state index >= 15 is 0 Å². The first kappa shape index (κ1) is 26.9. The second kappa shape index (κ2) is 13.2. The van der Waals surface area contributed by atoms with Gasteiger partial charge in [0.25, 0.3) is 0 Å². The number of aliphatic carboxylic acids is 1. The van der Waals surface area contributed by atoms with E-state index in [1.165, 1.54) is 76.0 Å². The van der Waals surface area contributed by atoms with Crippen LogP contribution in [0.5, 0.6) is 0 Å². The maximum atomic E-state index is 13.1. The molecule has 3 heteroatoms. The number of carbonyl (C=O) groups is 1. The molecule has 0 aromatic carbocycles. The number of rotatable bonds is 18. The van der Waals surface area contributed by atoms with E-state index in [1.807, 2.05) is 0 Å². The van der Waals surface area contributed by atoms with Crippen molar-refractivity contribution in [1.29, 1.82) is 0 Å². The standard InChI is InChI=1S/C24H51O2P/c1-7-13-18-24(12-6,23(25)26)27(19-14-8-2,20-15-9-3,21-16-10-4)22-17-11-5/h7-22H2,1-6H3,(H,25,26). The van der Waals surface area contributed by atoms with E-state index in [4.69, 9.17) is 0 Å². The molecule has 1 N–H and O–H groups in total. The van der Waals surface area contributed by atoms with E-state index in [1.54, 1.807) is 0 Å². The van der Waals surface area contributed by atoms with Gasteiger partial charge in [-0.1, -0.05) is 0 Å². The fraction of sp³-hybridized carbons (Fsp3) is 0.958. The van der Waals surface area contributed by atoms with Crippen LogP contribution in [-0.2, 0) is 4.79 Å². The second-order valence-electron chi connectivity index (χ2n) is 9.08. The van der Waals surface area contributed by atoms with Crippen LogP contribution in [0.15, 0.2) is 0 Å². The normalized spacial score (nSPS) is 15.9. The van der Waals surface area contributed by atoms with E-state index in [0.29, 0.717) is 0 Å². The van der Waals surface area contributed by atoms with Crippen molar-refractivity contribution in [2.45, 2.75) is 124 Å². The van der Waals surface area contributed by atoms with Crippen LogP contribution in [0.25, 0.3) is 0 Å². The van der Waals surface area contributed by atoms with Gasteiger partial charge in [-0.2, -0.15) is 0 Å². The van der Waals surface area contributed by atoms with Gasteiger partial charge in [0, 0.05) is 0 Å². The van der Waals surface area contributed by atoms with E-state index in [0.717, 1.165) is 25.7 Å². The van der Waals surface area contributed by atoms with E-state index < -0.39 is 17.7 Å². The predicted molar refractivity (Wildman–Crippen MR) is 126 cm³/mol. The minimum atomic E-state index is -2.42. The average Bonchev–Trinajstić information content (AvgIpc) is 2.68. The molecular weight excluding hydrogens is 351 g/mol. The molecule has 0 amide bonds. The summed E-state index contributed by atoms with van der Waals surface area (Å²) in [5.74, 6) is -0.449. The van der Waals surface area contributed by atoms with Gasteiger partial charge < -0.3 is 0 Å². The number of unbranched alkanes of at least 4 members (excludes halogenated alkanes) is 5. The van der Waals surface area contributed by atoms with Crippen molar-refractivity contribution in [2.75, 3.05) is 24.6 Å². The molecule has 0 aromatic heterocycles. The van der Waals surface area contributed by atoms with Gasteiger partial charge in [-0.3, -0.25) is 0 Å². The van der Waals surface area contributed by atoms with Gasteiger partial charge in [-0.15, -0.1) is 0 Å². The monoisotopic (exact) mass is 402 g/mol. The van der Waals surface area contributed by atoms with Crippen LogP contribution < -0.4 is 0 Å². The Morgan fingerprint density at radius 1 is 0.667 bits per heavy atom. The number of carboxylic acid groups (broad SMARTS) is 1. The Kier molecular flexibility index (Phi) is 13.1. The second-order valence-corrected chi connectivity index (χ2v) is 15.7. The first-order valence-electron chi connectivity index (χ1n) is 12.1. The summed E-state index contributed by atoms with van der Waals surface area (Å²) in [5.41, 5.74) is 0. The Morgan fingerprint density at radius 3 is 1.22 bits per heavy atom. The Bertz CT molecular complexity index is 364. The SMILES string of the molecule is CCCCC(CC)(C(=O)O)P(CCCC)(CCCC)(CCCC)CCCC. The zero-order valence-electron chi connectivity index (χ0n) is 19.6. The van der Waals surface area contributed by atoms with Crippen LogP contribution in [0.2, 0.25) is 0 Å². The average molecular weight is 403 g/mol. The van der Waals surface area contributed by atoms with Crippen molar-refractivity contribution in [3.8, 4) is 0 Å². The van der Waals surface area contributed by atoms with E-state index in [2.05, 4.69) is 41.5 Å². The van der Waals surface area contributed by atoms with Crippen LogP contribution in [-0.4, -0.2) is 40.9 Å². The predicted octanol–water partition coefficient (Wildman–Crippen LogP) is 8.16. The molecule has 27 heavy (non-hydrogen) atoms. The molecular formula is C24H51O2P. The fourth-order valence-electron chi connectivity index (χ4n) is 5.76. The fourth-order valence-corrected chi connectivity index (χ4v) is 15.6. The van der Waals surface area contributed by atoms with Crippen LogP contribution >= 0.6 is 6.60 Å². The minimum absolute atomic E-state index is 0.448. The first-order valence-corrected chi connectivity index (χ1v) is 15.1. The molecule has 0 aliphatic carbocycles. The molecule has 2 nitrogen and oxygen atoms in total. The van der Waals surface area contributed by atoms with E-state index in [9.17, 15) is 9.90 Å². The Balaban J connectivity index is 6.71. The van der Waals surface area contributed by atoms with Gasteiger partial charge in [0.15, 0.2) is 0 Å². The van der Waals surface area contributed by atoms with Crippen molar-refractivity contribution in [2.24, 2.45) is 0 Å². The van der Waals surface area contributed by atoms with Gasteiger partial charge in [0.2, 0.25) is 0 Å². The van der Waals surface area contributed by atoms with Crippen LogP contribution in [0.4, 0.5) is 0 Å². The van der Waals surface area contributed by atoms with Crippen LogP contribution in [0.1, 0.15) is 119 Å². The summed E-state index contributed by atoms with van der Waals surface area (Å²) < 4.78 is 0. The molecule has 0 rings (SSSR count). The van der Waals surface area contributed by atoms with Crippen molar-refractivity contribution in [1.82, 2.24) is 0 Å². The summed E-state index contributed by atoms with van der Waals surface area (Å²) in [6.45, 7) is 11.1. The van der Waals surface area contributed by atoms with Crippen molar-refractivity contribution < 1.29 is 9.90 Å². The van der Waals surface area contributed by atoms with E-state index in [-0.39, 0.29) is 0 Å². The molecule has 1 atom stereocenters. The van der Waals surface area contributed by atoms with Crippen molar-refractivity contribution in [3.63, 3.8) is 0 Å². The van der Waals surface area contributed by atoms with Crippen molar-refractivity contribution >= 4 is 12.6 Å². The van der Waals surface area contributed by atoms with Crippen LogP contribution in [0, 0.1) is 0 Å². The summed E-state index contributed by atoms with van der Waals surface area (Å²) in [6, 6.07) is 0. The summed E-state index contributed by atoms with van der Waals surface area (Å²) in [7, 11) is 0. The molecule has 0 aliphatic heterocycles. The molecule has 0 saturated heterocycles. The first-order chi connectivity index (χ1) is 12.9. The third-order valence-electron chi connectivity index (χ3n) is 7.53. The molecule has 0 spiro atoms. The quantitative estimate of drug-likeness (QED) is 0.235. The molecule has 1 unspecified atom stereocenters. The van der Waals surface area contributed by atoms with Gasteiger partial charge >= 0.3 is 171 Å². The number of carboxylic acids is 1. The Morgan fingerprint density at radius 2 is 1.00 bits per heavy atom. The Hall–Kier alpha value is -0.100. The molecule has 0 radical (unpaired) electrons. The molecule has 0 fully saturated rings. The Labute approximate surface area is 171 Å². The van der Waals surface area contributed by atoms with Gasteiger partial charge in [-0.25, -0.2) is 0 Å². The third-order valence-corrected chi connectivity index (χ3v) is 16.6. The van der Waals surface area contributed by atoms with Crippen molar-refractivity contribution in [3.05, 3.63) is 0 Å². The third kappa shape index (κ3) is 5.94. The molecule has 0 bridgehead atoms. The molecule has 0 aromatic rings. The summed E-state index contributed by atoms with van der Waals surface area (Å²) in [5, 5.41) is 10.3. The van der Waals surface area contributed by atoms with Gasteiger partial charge in [-0.05, 0) is 0 Å². The van der Waals surface area contributed by atoms with Crippen LogP contribution in [0.3, 0.4) is 0 Å². The zero-order valence-corrected chi connectivity index (χ0v) is 20.5. The maximum absolute atomic E-state index is 13.1. The van der Waals surface area contributed by atoms with Gasteiger partial charge in [0.1, 0.15) is 0 Å².